The Morgan fingerprint density at radius 2 is 1.85 bits per heavy atom. The molecule has 0 aliphatic carbocycles. The van der Waals surface area contributed by atoms with Crippen molar-refractivity contribution >= 4 is 40.9 Å². The maximum absolute atomic E-state index is 13.5. The molecule has 41 heavy (non-hydrogen) atoms. The van der Waals surface area contributed by atoms with Gasteiger partial charge < -0.3 is 25.4 Å². The number of nitrogens with one attached hydrogen (secondary N) is 3. The average Bonchev–Trinajstić information content (AvgIpc) is 3.59. The monoisotopic (exact) mass is 586 g/mol. The van der Waals surface area contributed by atoms with Crippen LogP contribution < -0.4 is 16.0 Å². The first kappa shape index (κ1) is 32.4. The highest BCUT2D eigenvalue weighted by atomic mass is 35.5. The number of likely N-dealkylation sites (tertiary alicyclic amines) is 1. The maximum Gasteiger partial charge on any atom is 0.243 e. The number of aliphatic hydroxyl groups is 1. The van der Waals surface area contributed by atoms with Gasteiger partial charge in [0.25, 0.3) is 0 Å². The van der Waals surface area contributed by atoms with Gasteiger partial charge in [-0.1, -0.05) is 63.2 Å². The first-order valence-corrected chi connectivity index (χ1v) is 14.1. The number of hydrogen-bond donors (Lipinski definition) is 4. The number of ether oxygens (including phenoxy) is 1. The molecular weight excluding hydrogens is 544 g/mol. The molecule has 4 atom stereocenters. The number of carbonyl (C=O) groups excluding carboxylic acids is 3. The van der Waals surface area contributed by atoms with Gasteiger partial charge >= 0.3 is 0 Å². The maximum atomic E-state index is 13.5. The molecule has 3 amide bonds. The third-order valence-electron chi connectivity index (χ3n) is 7.50. The van der Waals surface area contributed by atoms with Gasteiger partial charge in [0, 0.05) is 37.9 Å². The summed E-state index contributed by atoms with van der Waals surface area (Å²) in [6.07, 6.45) is 4.92. The van der Waals surface area contributed by atoms with Crippen molar-refractivity contribution in [3.05, 3.63) is 60.4 Å². The fourth-order valence-corrected chi connectivity index (χ4v) is 5.17. The second-order valence-electron chi connectivity index (χ2n) is 12.1. The van der Waals surface area contributed by atoms with Gasteiger partial charge in [-0.05, 0) is 42.2 Å². The summed E-state index contributed by atoms with van der Waals surface area (Å²) in [5.74, 6) is -0.805. The van der Waals surface area contributed by atoms with Crippen molar-refractivity contribution in [2.24, 2.45) is 5.41 Å². The number of nitrogens with zero attached hydrogens (tertiary/aromatic N) is 1. The van der Waals surface area contributed by atoms with Gasteiger partial charge in [-0.2, -0.15) is 0 Å². The van der Waals surface area contributed by atoms with Crippen molar-refractivity contribution < 1.29 is 24.2 Å². The lowest BCUT2D eigenvalue weighted by Gasteiger charge is -2.31. The van der Waals surface area contributed by atoms with Gasteiger partial charge in [0.2, 0.25) is 17.7 Å². The molecule has 0 aromatic heterocycles. The van der Waals surface area contributed by atoms with E-state index in [1.54, 1.807) is 11.2 Å². The summed E-state index contributed by atoms with van der Waals surface area (Å²) in [5.41, 5.74) is -0.282. The van der Waals surface area contributed by atoms with Gasteiger partial charge in [-0.25, -0.2) is 0 Å². The molecule has 2 aliphatic heterocycles. The molecule has 1 fully saturated rings. The summed E-state index contributed by atoms with van der Waals surface area (Å²) in [5, 5.41) is 21.5. The van der Waals surface area contributed by atoms with Crippen LogP contribution >= 0.6 is 12.4 Å². The fourth-order valence-electron chi connectivity index (χ4n) is 5.17. The van der Waals surface area contributed by atoms with E-state index in [2.05, 4.69) is 16.0 Å². The Morgan fingerprint density at radius 3 is 2.54 bits per heavy atom. The van der Waals surface area contributed by atoms with Crippen LogP contribution in [0.1, 0.15) is 52.5 Å². The van der Waals surface area contributed by atoms with Crippen LogP contribution in [0.3, 0.4) is 0 Å². The largest absolute Gasteiger partial charge is 0.481 e. The van der Waals surface area contributed by atoms with E-state index in [-0.39, 0.29) is 43.7 Å². The zero-order chi connectivity index (χ0) is 28.9. The van der Waals surface area contributed by atoms with Crippen LogP contribution in [-0.4, -0.2) is 71.3 Å². The number of fused-ring (bicyclic) bond motifs is 1. The first-order chi connectivity index (χ1) is 18.9. The highest BCUT2D eigenvalue weighted by Gasteiger charge is 2.39. The zero-order valence-corrected chi connectivity index (χ0v) is 25.1. The minimum Gasteiger partial charge on any atom is -0.481 e. The molecule has 4 N–H and O–H groups in total. The lowest BCUT2D eigenvalue weighted by Crippen LogP contribution is -2.56. The number of benzene rings is 2. The summed E-state index contributed by atoms with van der Waals surface area (Å²) < 4.78 is 5.52. The Labute approximate surface area is 248 Å². The highest BCUT2D eigenvalue weighted by Crippen LogP contribution is 2.26. The molecule has 4 rings (SSSR count). The molecule has 2 aliphatic rings. The molecule has 224 valence electrons. The Balaban J connectivity index is 0.00000462. The number of rotatable bonds is 10. The van der Waals surface area contributed by atoms with E-state index in [1.807, 2.05) is 76.2 Å². The molecule has 0 radical (unpaired) electrons. The van der Waals surface area contributed by atoms with Crippen LogP contribution in [-0.2, 0) is 25.5 Å². The van der Waals surface area contributed by atoms with E-state index < -0.39 is 35.2 Å². The third kappa shape index (κ3) is 8.44. The van der Waals surface area contributed by atoms with Crippen LogP contribution in [0.15, 0.2) is 54.8 Å². The van der Waals surface area contributed by atoms with E-state index in [1.165, 1.54) is 0 Å². The Hall–Kier alpha value is -3.14. The van der Waals surface area contributed by atoms with Crippen LogP contribution in [0.25, 0.3) is 10.8 Å². The number of amides is 3. The molecule has 2 unspecified atom stereocenters. The lowest BCUT2D eigenvalue weighted by atomic mass is 9.94. The smallest absolute Gasteiger partial charge is 0.243 e. The first-order valence-electron chi connectivity index (χ1n) is 14.1. The van der Waals surface area contributed by atoms with Crippen LogP contribution in [0.2, 0.25) is 0 Å². The minimum absolute atomic E-state index is 0. The van der Waals surface area contributed by atoms with Crippen LogP contribution in [0.5, 0.6) is 0 Å². The van der Waals surface area contributed by atoms with E-state index in [9.17, 15) is 19.5 Å². The molecule has 0 saturated carbocycles. The summed E-state index contributed by atoms with van der Waals surface area (Å²) in [7, 11) is 0. The standard InChI is InChI=1S/C31H42N4O5.ClH/c1-30(2,3)29(39)35-15-7-11-26(35)28(38)34-25(18-21-12-13-22-9-5-6-10-23(22)17-21)27(37)32-19-24(36)20-33-31(4)14-8-16-40-31;/h5-6,8-10,12-13,16-17,24-26,33,36H,7,11,14-15,18-20H2,1-4H3,(H,32,37)(H,34,38);1H/t24?,25-,26+,31?;/m1./s1. The quantitative estimate of drug-likeness (QED) is 0.340. The van der Waals surface area contributed by atoms with E-state index in [4.69, 9.17) is 4.74 Å². The van der Waals surface area contributed by atoms with Crippen molar-refractivity contribution in [3.63, 3.8) is 0 Å². The number of halogens is 1. The average molecular weight is 587 g/mol. The van der Waals surface area contributed by atoms with Gasteiger partial charge in [0.05, 0.1) is 12.4 Å². The van der Waals surface area contributed by atoms with Crippen molar-refractivity contribution in [2.75, 3.05) is 19.6 Å². The fraction of sp³-hybridized carbons (Fsp3) is 0.516. The Morgan fingerprint density at radius 1 is 1.12 bits per heavy atom. The number of hydrogen-bond acceptors (Lipinski definition) is 6. The molecule has 1 saturated heterocycles. The van der Waals surface area contributed by atoms with Gasteiger partial charge in [0.1, 0.15) is 12.1 Å². The van der Waals surface area contributed by atoms with Crippen molar-refractivity contribution in [2.45, 2.75) is 77.3 Å². The SMILES string of the molecule is CC1(NCC(O)CNC(=O)[C@@H](Cc2ccc3ccccc3c2)NC(=O)[C@@H]2CCCN2C(=O)C(C)(C)C)CC=CO1.Cl. The van der Waals surface area contributed by atoms with Gasteiger partial charge in [0.15, 0.2) is 5.72 Å². The molecular formula is C31H43ClN4O5. The summed E-state index contributed by atoms with van der Waals surface area (Å²) in [6, 6.07) is 12.4. The van der Waals surface area contributed by atoms with Crippen LogP contribution in [0, 0.1) is 5.41 Å². The second kappa shape index (κ2) is 13.7. The van der Waals surface area contributed by atoms with Gasteiger partial charge in [-0.3, -0.25) is 19.7 Å². The van der Waals surface area contributed by atoms with Crippen molar-refractivity contribution in [3.8, 4) is 0 Å². The highest BCUT2D eigenvalue weighted by molar-refractivity contribution is 5.93. The van der Waals surface area contributed by atoms with Crippen molar-refractivity contribution in [1.29, 1.82) is 0 Å². The van der Waals surface area contributed by atoms with E-state index >= 15 is 0 Å². The molecule has 2 aromatic carbocycles. The molecule has 2 heterocycles. The van der Waals surface area contributed by atoms with Crippen LogP contribution in [0.4, 0.5) is 0 Å². The van der Waals surface area contributed by atoms with Crippen molar-refractivity contribution in [1.82, 2.24) is 20.9 Å². The molecule has 0 bridgehead atoms. The number of aliphatic hydroxyl groups excluding tert-OH is 1. The summed E-state index contributed by atoms with van der Waals surface area (Å²) in [4.78, 5) is 41.5. The Kier molecular flexibility index (Phi) is 10.8. The summed E-state index contributed by atoms with van der Waals surface area (Å²) in [6.45, 7) is 8.18. The predicted octanol–water partition coefficient (Wildman–Crippen LogP) is 3.04. The van der Waals surface area contributed by atoms with E-state index in [0.29, 0.717) is 19.4 Å². The molecule has 0 spiro atoms. The van der Waals surface area contributed by atoms with Gasteiger partial charge in [-0.15, -0.1) is 12.4 Å². The molecule has 9 nitrogen and oxygen atoms in total. The van der Waals surface area contributed by atoms with E-state index in [0.717, 1.165) is 22.8 Å². The number of carbonyl (C=O) groups is 3. The summed E-state index contributed by atoms with van der Waals surface area (Å²) >= 11 is 0. The normalized spacial score (nSPS) is 21.6. The second-order valence-corrected chi connectivity index (χ2v) is 12.1. The minimum atomic E-state index is -0.874. The zero-order valence-electron chi connectivity index (χ0n) is 24.3. The predicted molar refractivity (Wildman–Crippen MR) is 161 cm³/mol. The topological polar surface area (TPSA) is 120 Å². The molecule has 10 heteroatoms. The Bertz CT molecular complexity index is 1250. The lowest BCUT2D eigenvalue weighted by molar-refractivity contribution is -0.145. The third-order valence-corrected chi connectivity index (χ3v) is 7.50. The molecule has 2 aromatic rings.